The Bertz CT molecular complexity index is 1400. The minimum Gasteiger partial charge on any atom is -0.467 e. The molecule has 1 amide bonds. The molecule has 0 radical (unpaired) electrons. The van der Waals surface area contributed by atoms with Crippen molar-refractivity contribution in [2.45, 2.75) is 19.0 Å². The van der Waals surface area contributed by atoms with Crippen molar-refractivity contribution in [2.24, 2.45) is 5.10 Å². The number of aromatic nitrogens is 2. The van der Waals surface area contributed by atoms with Crippen molar-refractivity contribution in [3.8, 4) is 0 Å². The van der Waals surface area contributed by atoms with Crippen LogP contribution in [0.1, 0.15) is 23.8 Å². The van der Waals surface area contributed by atoms with Gasteiger partial charge in [-0.2, -0.15) is 5.10 Å². The van der Waals surface area contributed by atoms with Crippen LogP contribution in [0.15, 0.2) is 81.5 Å². The van der Waals surface area contributed by atoms with Crippen molar-refractivity contribution in [3.05, 3.63) is 99.7 Å². The zero-order valence-corrected chi connectivity index (χ0v) is 17.4. The summed E-state index contributed by atoms with van der Waals surface area (Å²) >= 11 is 5.98. The molecule has 0 N–H and O–H groups in total. The van der Waals surface area contributed by atoms with Gasteiger partial charge < -0.3 is 4.42 Å². The zero-order valence-electron chi connectivity index (χ0n) is 16.6. The van der Waals surface area contributed by atoms with Gasteiger partial charge >= 0.3 is 0 Å². The maximum Gasteiger partial charge on any atom is 0.263 e. The molecular weight excluding hydrogens is 435 g/mol. The summed E-state index contributed by atoms with van der Waals surface area (Å²) in [5.41, 5.74) is 1.35. The van der Waals surface area contributed by atoms with Gasteiger partial charge in [0.15, 0.2) is 0 Å². The Morgan fingerprint density at radius 2 is 2.00 bits per heavy atom. The normalized spacial score (nSPS) is 15.9. The monoisotopic (exact) mass is 450 g/mol. The molecule has 0 saturated heterocycles. The lowest BCUT2D eigenvalue weighted by Gasteiger charge is -2.20. The Balaban J connectivity index is 1.48. The van der Waals surface area contributed by atoms with E-state index in [4.69, 9.17) is 16.0 Å². The van der Waals surface area contributed by atoms with E-state index in [2.05, 4.69) is 10.1 Å². The highest BCUT2D eigenvalue weighted by Crippen LogP contribution is 2.33. The highest BCUT2D eigenvalue weighted by atomic mass is 35.5. The molecule has 3 heterocycles. The van der Waals surface area contributed by atoms with E-state index in [0.717, 1.165) is 5.56 Å². The first-order valence-electron chi connectivity index (χ1n) is 9.83. The molecule has 160 valence electrons. The average molecular weight is 451 g/mol. The van der Waals surface area contributed by atoms with E-state index in [0.29, 0.717) is 22.9 Å². The smallest absolute Gasteiger partial charge is 0.263 e. The van der Waals surface area contributed by atoms with E-state index in [1.54, 1.807) is 24.3 Å². The number of hydrogen-bond acceptors (Lipinski definition) is 5. The number of hydrogen-bond donors (Lipinski definition) is 0. The molecule has 0 aliphatic carbocycles. The van der Waals surface area contributed by atoms with Gasteiger partial charge in [0.25, 0.3) is 11.5 Å². The molecule has 2 aromatic carbocycles. The predicted octanol–water partition coefficient (Wildman–Crippen LogP) is 4.16. The van der Waals surface area contributed by atoms with Crippen molar-refractivity contribution < 1.29 is 13.6 Å². The Morgan fingerprint density at radius 3 is 2.75 bits per heavy atom. The van der Waals surface area contributed by atoms with E-state index in [1.165, 1.54) is 40.4 Å². The molecule has 5 rings (SSSR count). The van der Waals surface area contributed by atoms with Crippen molar-refractivity contribution in [1.82, 2.24) is 14.6 Å². The maximum absolute atomic E-state index is 13.4. The van der Waals surface area contributed by atoms with Crippen LogP contribution in [0.4, 0.5) is 4.39 Å². The minimum atomic E-state index is -0.486. The number of carbonyl (C=O) groups is 1. The SMILES string of the molecule is O=C(Cn1cnc2cc(F)ccc2c1=O)N1N=C(c2ccc(Cl)cc2)C[C@@H]1c1ccco1. The van der Waals surface area contributed by atoms with Gasteiger partial charge in [-0.3, -0.25) is 14.2 Å². The summed E-state index contributed by atoms with van der Waals surface area (Å²) in [5, 5.41) is 6.71. The van der Waals surface area contributed by atoms with Crippen LogP contribution in [-0.4, -0.2) is 26.2 Å². The Kier molecular flexibility index (Phi) is 5.07. The number of amides is 1. The summed E-state index contributed by atoms with van der Waals surface area (Å²) in [4.78, 5) is 30.1. The molecule has 7 nitrogen and oxygen atoms in total. The van der Waals surface area contributed by atoms with Gasteiger partial charge in [0.05, 0.1) is 29.2 Å². The Hall–Kier alpha value is -3.78. The third-order valence-electron chi connectivity index (χ3n) is 5.31. The van der Waals surface area contributed by atoms with E-state index in [-0.39, 0.29) is 17.4 Å². The Labute approximate surface area is 186 Å². The van der Waals surface area contributed by atoms with Gasteiger partial charge in [-0.05, 0) is 42.0 Å². The van der Waals surface area contributed by atoms with Crippen LogP contribution in [0.3, 0.4) is 0 Å². The lowest BCUT2D eigenvalue weighted by molar-refractivity contribution is -0.134. The molecule has 0 bridgehead atoms. The summed E-state index contributed by atoms with van der Waals surface area (Å²) in [6.07, 6.45) is 3.23. The number of hydrazone groups is 1. The van der Waals surface area contributed by atoms with Gasteiger partial charge in [-0.15, -0.1) is 0 Å². The summed E-state index contributed by atoms with van der Waals surface area (Å²) in [6, 6.07) is 14.0. The van der Waals surface area contributed by atoms with Crippen LogP contribution in [0.2, 0.25) is 5.02 Å². The lowest BCUT2D eigenvalue weighted by Crippen LogP contribution is -2.34. The van der Waals surface area contributed by atoms with Gasteiger partial charge in [0.1, 0.15) is 24.2 Å². The molecule has 2 aromatic heterocycles. The highest BCUT2D eigenvalue weighted by Gasteiger charge is 2.35. The molecule has 4 aromatic rings. The van der Waals surface area contributed by atoms with Crippen molar-refractivity contribution in [3.63, 3.8) is 0 Å². The van der Waals surface area contributed by atoms with Gasteiger partial charge in [-0.1, -0.05) is 23.7 Å². The number of carbonyl (C=O) groups excluding carboxylic acids is 1. The largest absolute Gasteiger partial charge is 0.467 e. The average Bonchev–Trinajstić information content (AvgIpc) is 3.46. The van der Waals surface area contributed by atoms with Crippen molar-refractivity contribution in [2.75, 3.05) is 0 Å². The standard InChI is InChI=1S/C23H16ClFN4O3/c24-15-5-3-14(4-6-15)18-11-20(21-2-1-9-32-21)29(27-18)22(30)12-28-13-26-19-10-16(25)7-8-17(19)23(28)31/h1-10,13,20H,11-12H2/t20-/m1/s1. The third kappa shape index (κ3) is 3.69. The van der Waals surface area contributed by atoms with Crippen LogP contribution in [0.25, 0.3) is 10.9 Å². The van der Waals surface area contributed by atoms with Crippen LogP contribution >= 0.6 is 11.6 Å². The van der Waals surface area contributed by atoms with Crippen LogP contribution in [0.5, 0.6) is 0 Å². The van der Waals surface area contributed by atoms with E-state index >= 15 is 0 Å². The molecule has 1 aliphatic heterocycles. The fraction of sp³-hybridized carbons (Fsp3) is 0.130. The molecule has 1 aliphatic rings. The van der Waals surface area contributed by atoms with Crippen LogP contribution < -0.4 is 5.56 Å². The number of rotatable bonds is 4. The third-order valence-corrected chi connectivity index (χ3v) is 5.56. The summed E-state index contributed by atoms with van der Waals surface area (Å²) in [5.74, 6) is -0.299. The van der Waals surface area contributed by atoms with E-state index in [1.807, 2.05) is 12.1 Å². The summed E-state index contributed by atoms with van der Waals surface area (Å²) < 4.78 is 20.2. The molecule has 0 fully saturated rings. The Morgan fingerprint density at radius 1 is 1.19 bits per heavy atom. The first-order valence-corrected chi connectivity index (χ1v) is 10.2. The lowest BCUT2D eigenvalue weighted by atomic mass is 10.0. The van der Waals surface area contributed by atoms with Gasteiger partial charge in [0.2, 0.25) is 0 Å². The predicted molar refractivity (Wildman–Crippen MR) is 117 cm³/mol. The second-order valence-electron chi connectivity index (χ2n) is 7.37. The molecule has 0 saturated carbocycles. The summed E-state index contributed by atoms with van der Waals surface area (Å²) in [6.45, 7) is -0.270. The number of fused-ring (bicyclic) bond motifs is 1. The second kappa shape index (κ2) is 8.05. The number of benzene rings is 2. The number of halogens is 2. The molecule has 1 atom stereocenters. The molecule has 32 heavy (non-hydrogen) atoms. The fourth-order valence-corrected chi connectivity index (χ4v) is 3.85. The van der Waals surface area contributed by atoms with E-state index < -0.39 is 23.3 Å². The summed E-state index contributed by atoms with van der Waals surface area (Å²) in [7, 11) is 0. The van der Waals surface area contributed by atoms with Crippen molar-refractivity contribution >= 4 is 34.1 Å². The molecule has 9 heteroatoms. The molecular formula is C23H16ClFN4O3. The quantitative estimate of drug-likeness (QED) is 0.467. The highest BCUT2D eigenvalue weighted by molar-refractivity contribution is 6.30. The first-order chi connectivity index (χ1) is 15.5. The zero-order chi connectivity index (χ0) is 22.2. The topological polar surface area (TPSA) is 80.7 Å². The van der Waals surface area contributed by atoms with Gasteiger partial charge in [0, 0.05) is 17.5 Å². The van der Waals surface area contributed by atoms with Crippen LogP contribution in [-0.2, 0) is 11.3 Å². The fourth-order valence-electron chi connectivity index (χ4n) is 3.72. The van der Waals surface area contributed by atoms with Crippen LogP contribution in [0, 0.1) is 5.82 Å². The number of furan rings is 1. The van der Waals surface area contributed by atoms with Crippen molar-refractivity contribution in [1.29, 1.82) is 0 Å². The second-order valence-corrected chi connectivity index (χ2v) is 7.80. The first kappa shape index (κ1) is 20.1. The van der Waals surface area contributed by atoms with E-state index in [9.17, 15) is 14.0 Å². The maximum atomic E-state index is 13.4. The number of nitrogens with zero attached hydrogens (tertiary/aromatic N) is 4. The minimum absolute atomic E-state index is 0.232. The molecule has 0 spiro atoms. The van der Waals surface area contributed by atoms with Gasteiger partial charge in [-0.25, -0.2) is 14.4 Å². The molecule has 0 unspecified atom stereocenters.